The van der Waals surface area contributed by atoms with Gasteiger partial charge in [-0.15, -0.1) is 0 Å². The first-order chi connectivity index (χ1) is 13.7. The molecule has 0 saturated carbocycles. The molecule has 0 radical (unpaired) electrons. The molecule has 2 heteroatoms. The van der Waals surface area contributed by atoms with Crippen molar-refractivity contribution < 1.29 is 0 Å². The summed E-state index contributed by atoms with van der Waals surface area (Å²) in [6.07, 6.45) is 1.19. The van der Waals surface area contributed by atoms with E-state index in [1.165, 1.54) is 39.4 Å². The van der Waals surface area contributed by atoms with Crippen LogP contribution in [0.3, 0.4) is 0 Å². The van der Waals surface area contributed by atoms with E-state index in [0.29, 0.717) is 5.92 Å². The zero-order chi connectivity index (χ0) is 19.5. The van der Waals surface area contributed by atoms with Gasteiger partial charge in [0, 0.05) is 41.4 Å². The lowest BCUT2D eigenvalue weighted by molar-refractivity contribution is 0.315. The van der Waals surface area contributed by atoms with Gasteiger partial charge in [0.25, 0.3) is 0 Å². The van der Waals surface area contributed by atoms with Crippen LogP contribution in [0.5, 0.6) is 0 Å². The average molecular weight is 371 g/mol. The maximum absolute atomic E-state index is 2.47. The van der Waals surface area contributed by atoms with E-state index < -0.39 is 0 Å². The van der Waals surface area contributed by atoms with E-state index in [4.69, 9.17) is 0 Å². The van der Waals surface area contributed by atoms with E-state index in [1.807, 2.05) is 0 Å². The van der Waals surface area contributed by atoms with Crippen molar-refractivity contribution in [1.29, 1.82) is 0 Å². The van der Waals surface area contributed by atoms with Gasteiger partial charge in [0.2, 0.25) is 0 Å². The lowest BCUT2D eigenvalue weighted by atomic mass is 9.97. The fourth-order valence-corrected chi connectivity index (χ4v) is 4.09. The second kappa shape index (κ2) is 8.20. The van der Waals surface area contributed by atoms with Crippen LogP contribution in [0.2, 0.25) is 0 Å². The molecule has 0 aliphatic heterocycles. The fraction of sp³-hybridized carbons (Fsp3) is 0.308. The third-order valence-corrected chi connectivity index (χ3v) is 6.00. The van der Waals surface area contributed by atoms with Crippen LogP contribution in [0.1, 0.15) is 37.3 Å². The largest absolute Gasteiger partial charge is 0.339 e. The first-order valence-corrected chi connectivity index (χ1v) is 10.4. The summed E-state index contributed by atoms with van der Waals surface area (Å²) in [4.78, 5) is 2.42. The van der Waals surface area contributed by atoms with E-state index >= 15 is 0 Å². The quantitative estimate of drug-likeness (QED) is 0.363. The van der Waals surface area contributed by atoms with Crippen LogP contribution < -0.4 is 0 Å². The number of nitrogens with zero attached hydrogens (tertiary/aromatic N) is 2. The highest BCUT2D eigenvalue weighted by Gasteiger charge is 2.10. The molecule has 1 aromatic heterocycles. The fourth-order valence-electron chi connectivity index (χ4n) is 4.09. The molecule has 0 bridgehead atoms. The first kappa shape index (κ1) is 18.8. The second-order valence-corrected chi connectivity index (χ2v) is 7.97. The van der Waals surface area contributed by atoms with Crippen molar-refractivity contribution >= 4 is 21.8 Å². The zero-order valence-electron chi connectivity index (χ0n) is 17.2. The molecule has 0 aliphatic rings. The molecule has 3 aromatic carbocycles. The van der Waals surface area contributed by atoms with Gasteiger partial charge in [-0.2, -0.15) is 0 Å². The molecule has 1 atom stereocenters. The molecule has 144 valence electrons. The molecule has 0 saturated heterocycles. The molecule has 28 heavy (non-hydrogen) atoms. The van der Waals surface area contributed by atoms with Crippen LogP contribution in [0, 0.1) is 0 Å². The normalized spacial score (nSPS) is 12.9. The molecule has 0 fully saturated rings. The first-order valence-electron chi connectivity index (χ1n) is 10.4. The van der Waals surface area contributed by atoms with E-state index in [1.54, 1.807) is 0 Å². The van der Waals surface area contributed by atoms with Crippen molar-refractivity contribution in [2.24, 2.45) is 0 Å². The van der Waals surface area contributed by atoms with Crippen molar-refractivity contribution in [1.82, 2.24) is 9.47 Å². The molecule has 0 amide bonds. The minimum absolute atomic E-state index is 0.641. The van der Waals surface area contributed by atoms with Crippen LogP contribution in [0.4, 0.5) is 0 Å². The molecule has 1 heterocycles. The number of rotatable bonds is 7. The van der Waals surface area contributed by atoms with Crippen molar-refractivity contribution in [3.8, 4) is 0 Å². The molecule has 1 unspecified atom stereocenters. The van der Waals surface area contributed by atoms with Crippen LogP contribution in [-0.2, 0) is 13.1 Å². The smallest absolute Gasteiger partial charge is 0.0491 e. The van der Waals surface area contributed by atoms with Crippen molar-refractivity contribution in [2.45, 2.75) is 39.3 Å². The van der Waals surface area contributed by atoms with Crippen LogP contribution in [-0.4, -0.2) is 23.1 Å². The number of hydrogen-bond acceptors (Lipinski definition) is 1. The number of fused-ring (bicyclic) bond motifs is 3. The van der Waals surface area contributed by atoms with Gasteiger partial charge < -0.3 is 9.47 Å². The lowest BCUT2D eigenvalue weighted by Crippen LogP contribution is -2.22. The molecular weight excluding hydrogens is 340 g/mol. The average Bonchev–Trinajstić information content (AvgIpc) is 3.06. The summed E-state index contributed by atoms with van der Waals surface area (Å²) in [6, 6.07) is 26.7. The van der Waals surface area contributed by atoms with Gasteiger partial charge in [-0.1, -0.05) is 74.5 Å². The Balaban J connectivity index is 1.48. The summed E-state index contributed by atoms with van der Waals surface area (Å²) in [5.74, 6) is 0.641. The molecule has 2 nitrogen and oxygen atoms in total. The molecular formula is C26H30N2. The van der Waals surface area contributed by atoms with Crippen LogP contribution in [0.15, 0.2) is 72.8 Å². The highest BCUT2D eigenvalue weighted by atomic mass is 15.1. The minimum Gasteiger partial charge on any atom is -0.339 e. The van der Waals surface area contributed by atoms with Gasteiger partial charge in [-0.05, 0) is 42.6 Å². The van der Waals surface area contributed by atoms with Gasteiger partial charge >= 0.3 is 0 Å². The summed E-state index contributed by atoms with van der Waals surface area (Å²) in [7, 11) is 2.22. The Bertz CT molecular complexity index is 1010. The summed E-state index contributed by atoms with van der Waals surface area (Å²) >= 11 is 0. The number of hydrogen-bond donors (Lipinski definition) is 0. The topological polar surface area (TPSA) is 8.17 Å². The number of benzene rings is 3. The summed E-state index contributed by atoms with van der Waals surface area (Å²) < 4.78 is 2.47. The van der Waals surface area contributed by atoms with Gasteiger partial charge in [-0.25, -0.2) is 0 Å². The number of aromatic nitrogens is 1. The molecule has 4 rings (SSSR count). The Labute approximate surface area is 168 Å². The van der Waals surface area contributed by atoms with Crippen LogP contribution in [0.25, 0.3) is 21.8 Å². The molecule has 0 spiro atoms. The highest BCUT2D eigenvalue weighted by Crippen LogP contribution is 2.28. The molecule has 4 aromatic rings. The lowest BCUT2D eigenvalue weighted by Gasteiger charge is -2.19. The van der Waals surface area contributed by atoms with Gasteiger partial charge in [-0.3, -0.25) is 0 Å². The number of likely N-dealkylation sites (N-methyl/N-ethyl adjacent to an activating group) is 1. The van der Waals surface area contributed by atoms with E-state index in [-0.39, 0.29) is 0 Å². The summed E-state index contributed by atoms with van der Waals surface area (Å²) in [5, 5.41) is 2.70. The summed E-state index contributed by atoms with van der Waals surface area (Å²) in [5.41, 5.74) is 5.49. The summed E-state index contributed by atoms with van der Waals surface area (Å²) in [6.45, 7) is 7.55. The van der Waals surface area contributed by atoms with Gasteiger partial charge in [0.05, 0.1) is 0 Å². The van der Waals surface area contributed by atoms with Gasteiger partial charge in [0.15, 0.2) is 0 Å². The monoisotopic (exact) mass is 370 g/mol. The standard InChI is InChI=1S/C26H30N2/c1-4-20(2)22-15-13-21(14-16-22)19-27(3)17-18-28-25-11-7-5-9-23(25)24-10-6-8-12-26(24)28/h5-16,20H,4,17-19H2,1-3H3. The Morgan fingerprint density at radius 2 is 1.39 bits per heavy atom. The number of para-hydroxylation sites is 2. The van der Waals surface area contributed by atoms with Crippen molar-refractivity contribution in [2.75, 3.05) is 13.6 Å². The predicted octanol–water partition coefficient (Wildman–Crippen LogP) is 6.44. The Kier molecular flexibility index (Phi) is 5.50. The van der Waals surface area contributed by atoms with E-state index in [2.05, 4.69) is 103 Å². The Morgan fingerprint density at radius 1 is 0.821 bits per heavy atom. The highest BCUT2D eigenvalue weighted by molar-refractivity contribution is 6.07. The van der Waals surface area contributed by atoms with E-state index in [0.717, 1.165) is 19.6 Å². The third-order valence-electron chi connectivity index (χ3n) is 6.00. The third kappa shape index (κ3) is 3.70. The molecule has 0 N–H and O–H groups in total. The van der Waals surface area contributed by atoms with Crippen molar-refractivity contribution in [3.63, 3.8) is 0 Å². The maximum Gasteiger partial charge on any atom is 0.0491 e. The van der Waals surface area contributed by atoms with Gasteiger partial charge in [0.1, 0.15) is 0 Å². The Morgan fingerprint density at radius 3 is 1.96 bits per heavy atom. The van der Waals surface area contributed by atoms with Crippen molar-refractivity contribution in [3.05, 3.63) is 83.9 Å². The molecule has 0 aliphatic carbocycles. The Hall–Kier alpha value is -2.58. The van der Waals surface area contributed by atoms with E-state index in [9.17, 15) is 0 Å². The zero-order valence-corrected chi connectivity index (χ0v) is 17.2. The van der Waals surface area contributed by atoms with Crippen LogP contribution >= 0.6 is 0 Å². The predicted molar refractivity (Wildman–Crippen MR) is 121 cm³/mol. The second-order valence-electron chi connectivity index (χ2n) is 7.97. The maximum atomic E-state index is 2.47. The SMILES string of the molecule is CCC(C)c1ccc(CN(C)CCn2c3ccccc3c3ccccc32)cc1. The minimum atomic E-state index is 0.641.